The maximum Gasteiger partial charge on any atom is 0.268 e. The van der Waals surface area contributed by atoms with Gasteiger partial charge in [0.15, 0.2) is 11.1 Å². The van der Waals surface area contributed by atoms with E-state index in [1.165, 1.54) is 11.9 Å². The first-order chi connectivity index (χ1) is 11.0. The van der Waals surface area contributed by atoms with Gasteiger partial charge in [0.2, 0.25) is 17.0 Å². The Morgan fingerprint density at radius 3 is 2.74 bits per heavy atom. The van der Waals surface area contributed by atoms with Crippen LogP contribution in [0.25, 0.3) is 0 Å². The zero-order chi connectivity index (χ0) is 16.4. The van der Waals surface area contributed by atoms with Gasteiger partial charge in [-0.25, -0.2) is 5.10 Å². The van der Waals surface area contributed by atoms with Crippen LogP contribution in [0.15, 0.2) is 40.6 Å². The molecule has 0 spiro atoms. The molecule has 2 aromatic rings. The predicted octanol–water partition coefficient (Wildman–Crippen LogP) is 0.344. The van der Waals surface area contributed by atoms with Crippen molar-refractivity contribution in [2.45, 2.75) is 17.3 Å². The Kier molecular flexibility index (Phi) is 3.98. The third kappa shape index (κ3) is 3.16. The predicted molar refractivity (Wildman–Crippen MR) is 85.6 cm³/mol. The van der Waals surface area contributed by atoms with Gasteiger partial charge in [-0.2, -0.15) is 9.99 Å². The Morgan fingerprint density at radius 2 is 2.13 bits per heavy atom. The third-order valence-corrected chi connectivity index (χ3v) is 3.95. The number of hydrogen-bond acceptors (Lipinski definition) is 7. The number of amides is 2. The standard InChI is InChI=1S/C13H13N7O2S/c1-7(21)15-10-9(23-13-16-12(14)17-18-13)11(22)20(19-10)8-5-3-2-4-6-8/h2-6,9H,1H3,(H,15,19,21)(H3,14,16,17,18). The summed E-state index contributed by atoms with van der Waals surface area (Å²) in [6, 6.07) is 8.94. The number of benzene rings is 1. The average Bonchev–Trinajstić information content (AvgIpc) is 3.06. The van der Waals surface area contributed by atoms with Crippen molar-refractivity contribution in [2.75, 3.05) is 10.7 Å². The maximum absolute atomic E-state index is 12.7. The van der Waals surface area contributed by atoms with Crippen molar-refractivity contribution in [3.63, 3.8) is 0 Å². The molecule has 2 amide bonds. The van der Waals surface area contributed by atoms with Crippen LogP contribution in [0.5, 0.6) is 0 Å². The fourth-order valence-corrected chi connectivity index (χ4v) is 2.86. The molecule has 1 unspecified atom stereocenters. The minimum absolute atomic E-state index is 0.149. The van der Waals surface area contributed by atoms with E-state index in [4.69, 9.17) is 5.73 Å². The van der Waals surface area contributed by atoms with Gasteiger partial charge in [-0.15, -0.1) is 10.2 Å². The molecule has 0 saturated carbocycles. The summed E-state index contributed by atoms with van der Waals surface area (Å²) in [6.07, 6.45) is 0. The van der Waals surface area contributed by atoms with Crippen molar-refractivity contribution in [2.24, 2.45) is 5.10 Å². The summed E-state index contributed by atoms with van der Waals surface area (Å²) in [5.74, 6) is -0.226. The number of carbonyl (C=O) groups is 2. The summed E-state index contributed by atoms with van der Waals surface area (Å²) >= 11 is 1.06. The van der Waals surface area contributed by atoms with E-state index in [0.29, 0.717) is 10.8 Å². The van der Waals surface area contributed by atoms with Crippen molar-refractivity contribution < 1.29 is 9.59 Å². The first-order valence-corrected chi connectivity index (χ1v) is 7.52. The molecule has 1 aliphatic heterocycles. The molecule has 2 heterocycles. The van der Waals surface area contributed by atoms with Crippen molar-refractivity contribution in [3.05, 3.63) is 30.3 Å². The van der Waals surface area contributed by atoms with Gasteiger partial charge >= 0.3 is 0 Å². The van der Waals surface area contributed by atoms with E-state index in [-0.39, 0.29) is 23.6 Å². The number of thioether (sulfide) groups is 1. The lowest BCUT2D eigenvalue weighted by Crippen LogP contribution is -2.37. The Labute approximate surface area is 135 Å². The molecule has 10 heteroatoms. The lowest BCUT2D eigenvalue weighted by atomic mass is 10.3. The highest BCUT2D eigenvalue weighted by Gasteiger charge is 2.39. The van der Waals surface area contributed by atoms with Gasteiger partial charge in [-0.3, -0.25) is 9.59 Å². The van der Waals surface area contributed by atoms with Crippen LogP contribution < -0.4 is 16.1 Å². The minimum Gasteiger partial charge on any atom is -0.368 e. The van der Waals surface area contributed by atoms with Crippen LogP contribution in [0.2, 0.25) is 0 Å². The maximum atomic E-state index is 12.7. The highest BCUT2D eigenvalue weighted by molar-refractivity contribution is 8.01. The molecule has 9 nitrogen and oxygen atoms in total. The summed E-state index contributed by atoms with van der Waals surface area (Å²) in [6.45, 7) is 1.35. The Morgan fingerprint density at radius 1 is 1.39 bits per heavy atom. The number of rotatable bonds is 3. The van der Waals surface area contributed by atoms with Crippen LogP contribution in [-0.2, 0) is 9.59 Å². The zero-order valence-electron chi connectivity index (χ0n) is 12.1. The second-order valence-corrected chi connectivity index (χ2v) is 5.73. The number of nitrogens with one attached hydrogen (secondary N) is 2. The van der Waals surface area contributed by atoms with Crippen LogP contribution in [0, 0.1) is 0 Å². The number of hydrazone groups is 1. The largest absolute Gasteiger partial charge is 0.368 e. The summed E-state index contributed by atoms with van der Waals surface area (Å²) in [5.41, 5.74) is 6.09. The van der Waals surface area contributed by atoms with E-state index in [9.17, 15) is 9.59 Å². The molecule has 0 bridgehead atoms. The Bertz CT molecular complexity index is 774. The fourth-order valence-electron chi connectivity index (χ4n) is 1.99. The van der Waals surface area contributed by atoms with Gasteiger partial charge in [0.25, 0.3) is 5.91 Å². The molecule has 1 atom stereocenters. The van der Waals surface area contributed by atoms with Crippen molar-refractivity contribution in [1.82, 2.24) is 20.5 Å². The molecule has 0 fully saturated rings. The summed E-state index contributed by atoms with van der Waals surface area (Å²) in [5, 5.41) is 14.0. The van der Waals surface area contributed by atoms with Crippen LogP contribution >= 0.6 is 11.8 Å². The van der Waals surface area contributed by atoms with Crippen LogP contribution in [0.4, 0.5) is 11.6 Å². The number of amidine groups is 1. The lowest BCUT2D eigenvalue weighted by Gasteiger charge is -2.12. The highest BCUT2D eigenvalue weighted by atomic mass is 32.2. The van der Waals surface area contributed by atoms with Crippen LogP contribution in [-0.4, -0.2) is 38.1 Å². The number of para-hydroxylation sites is 1. The van der Waals surface area contributed by atoms with E-state index < -0.39 is 5.25 Å². The Hall–Kier alpha value is -2.88. The molecule has 118 valence electrons. The number of anilines is 2. The molecule has 0 radical (unpaired) electrons. The second kappa shape index (κ2) is 6.08. The molecule has 3 rings (SSSR count). The number of aromatic amines is 1. The fraction of sp³-hybridized carbons (Fsp3) is 0.154. The minimum atomic E-state index is -0.755. The highest BCUT2D eigenvalue weighted by Crippen LogP contribution is 2.29. The van der Waals surface area contributed by atoms with Gasteiger partial charge in [-0.1, -0.05) is 30.0 Å². The zero-order valence-corrected chi connectivity index (χ0v) is 12.9. The van der Waals surface area contributed by atoms with Gasteiger partial charge in [0.1, 0.15) is 0 Å². The second-order valence-electron chi connectivity index (χ2n) is 4.65. The summed E-state index contributed by atoms with van der Waals surface area (Å²) in [4.78, 5) is 28.0. The molecule has 1 aliphatic rings. The van der Waals surface area contributed by atoms with Crippen molar-refractivity contribution in [1.29, 1.82) is 0 Å². The van der Waals surface area contributed by atoms with E-state index in [0.717, 1.165) is 11.8 Å². The molecule has 0 aliphatic carbocycles. The first kappa shape index (κ1) is 15.0. The van der Waals surface area contributed by atoms with Crippen LogP contribution in [0.3, 0.4) is 0 Å². The number of nitrogens with zero attached hydrogens (tertiary/aromatic N) is 4. The topological polar surface area (TPSA) is 129 Å². The number of hydrogen-bond donors (Lipinski definition) is 3. The molecule has 4 N–H and O–H groups in total. The number of aromatic nitrogens is 3. The summed E-state index contributed by atoms with van der Waals surface area (Å²) < 4.78 is 0. The van der Waals surface area contributed by atoms with Gasteiger partial charge in [0, 0.05) is 6.92 Å². The van der Waals surface area contributed by atoms with Crippen molar-refractivity contribution >= 4 is 41.0 Å². The number of H-pyrrole nitrogens is 1. The van der Waals surface area contributed by atoms with E-state index in [2.05, 4.69) is 25.6 Å². The normalized spacial score (nSPS) is 17.3. The lowest BCUT2D eigenvalue weighted by molar-refractivity contribution is -0.117. The number of nitrogen functional groups attached to an aromatic ring is 1. The third-order valence-electron chi connectivity index (χ3n) is 2.90. The van der Waals surface area contributed by atoms with Crippen molar-refractivity contribution in [3.8, 4) is 0 Å². The molecule has 0 saturated heterocycles. The van der Waals surface area contributed by atoms with Gasteiger partial charge in [0.05, 0.1) is 5.69 Å². The molecule has 23 heavy (non-hydrogen) atoms. The molecule has 1 aromatic heterocycles. The summed E-state index contributed by atoms with van der Waals surface area (Å²) in [7, 11) is 0. The molecular weight excluding hydrogens is 318 g/mol. The monoisotopic (exact) mass is 331 g/mol. The smallest absolute Gasteiger partial charge is 0.268 e. The number of nitrogens with two attached hydrogens (primary N) is 1. The SMILES string of the molecule is CC(=O)NC1=NN(c2ccccc2)C(=O)C1Sc1n[nH]c(N)n1. The first-order valence-electron chi connectivity index (χ1n) is 6.64. The Balaban J connectivity index is 1.89. The van der Waals surface area contributed by atoms with Gasteiger partial charge < -0.3 is 11.1 Å². The molecule has 1 aromatic carbocycles. The van der Waals surface area contributed by atoms with E-state index >= 15 is 0 Å². The van der Waals surface area contributed by atoms with Gasteiger partial charge in [-0.05, 0) is 12.1 Å². The quantitative estimate of drug-likeness (QED) is 0.744. The van der Waals surface area contributed by atoms with Crippen LogP contribution in [0.1, 0.15) is 6.92 Å². The number of carbonyl (C=O) groups excluding carboxylic acids is 2. The average molecular weight is 331 g/mol. The van der Waals surface area contributed by atoms with E-state index in [1.807, 2.05) is 6.07 Å². The van der Waals surface area contributed by atoms with E-state index in [1.54, 1.807) is 24.3 Å². The molecular formula is C13H13N7O2S.